The first-order valence-corrected chi connectivity index (χ1v) is 10.9. The highest BCUT2D eigenvalue weighted by Gasteiger charge is 2.43. The lowest BCUT2D eigenvalue weighted by molar-refractivity contribution is -0.118. The van der Waals surface area contributed by atoms with Gasteiger partial charge in [-0.3, -0.25) is 9.59 Å². The minimum Gasteiger partial charge on any atom is -0.454 e. The summed E-state index contributed by atoms with van der Waals surface area (Å²) in [5, 5.41) is 6.13. The number of hydrogen-bond donors (Lipinski definition) is 2. The molecule has 7 heteroatoms. The lowest BCUT2D eigenvalue weighted by Crippen LogP contribution is -2.39. The van der Waals surface area contributed by atoms with Crippen molar-refractivity contribution in [1.82, 2.24) is 5.32 Å². The molecule has 0 saturated carbocycles. The third-order valence-corrected chi connectivity index (χ3v) is 6.30. The van der Waals surface area contributed by atoms with E-state index in [9.17, 15) is 14.0 Å². The zero-order chi connectivity index (χ0) is 23.3. The Bertz CT molecular complexity index is 1240. The molecule has 5 rings (SSSR count). The topological polar surface area (TPSA) is 76.7 Å². The molecule has 3 aliphatic rings. The average Bonchev–Trinajstić information content (AvgIpc) is 3.19. The number of allylic oxidation sites excluding steroid dienone is 3. The van der Waals surface area contributed by atoms with E-state index in [0.29, 0.717) is 46.9 Å². The molecule has 1 amide bonds. The molecule has 0 unspecified atom stereocenters. The first kappa shape index (κ1) is 21.2. The normalized spacial score (nSPS) is 21.0. The Morgan fingerprint density at radius 2 is 1.91 bits per heavy atom. The van der Waals surface area contributed by atoms with Crippen LogP contribution in [0.4, 0.5) is 10.1 Å². The van der Waals surface area contributed by atoms with Crippen molar-refractivity contribution in [3.05, 3.63) is 76.4 Å². The summed E-state index contributed by atoms with van der Waals surface area (Å²) < 4.78 is 24.7. The molecule has 1 aliphatic carbocycles. The molecule has 2 N–H and O–H groups in total. The average molecular weight is 448 g/mol. The monoisotopic (exact) mass is 448 g/mol. The number of ether oxygens (including phenoxy) is 2. The van der Waals surface area contributed by atoms with Crippen molar-refractivity contribution in [2.45, 2.75) is 39.5 Å². The number of Topliss-reactive ketones (excluding diaryl/α,β-unsaturated/α-hetero) is 1. The van der Waals surface area contributed by atoms with E-state index >= 15 is 0 Å². The number of dihydropyridines is 1. The molecule has 6 nitrogen and oxygen atoms in total. The summed E-state index contributed by atoms with van der Waals surface area (Å²) in [6.45, 7) is 6.10. The van der Waals surface area contributed by atoms with Gasteiger partial charge in [0.25, 0.3) is 5.91 Å². The molecular weight excluding hydrogens is 423 g/mol. The number of hydrogen-bond acceptors (Lipinski definition) is 5. The van der Waals surface area contributed by atoms with Crippen molar-refractivity contribution in [3.8, 4) is 11.5 Å². The number of nitrogens with one attached hydrogen (secondary N) is 2. The van der Waals surface area contributed by atoms with Gasteiger partial charge in [0, 0.05) is 40.6 Å². The highest BCUT2D eigenvalue weighted by atomic mass is 19.1. The summed E-state index contributed by atoms with van der Waals surface area (Å²) in [6.07, 6.45) is 1.09. The fourth-order valence-electron chi connectivity index (χ4n) is 4.93. The molecule has 2 aromatic rings. The maximum Gasteiger partial charge on any atom is 0.254 e. The number of fused-ring (bicyclic) bond motifs is 1. The van der Waals surface area contributed by atoms with Gasteiger partial charge < -0.3 is 20.1 Å². The van der Waals surface area contributed by atoms with E-state index in [-0.39, 0.29) is 18.0 Å². The molecule has 0 radical (unpaired) electrons. The number of amides is 1. The van der Waals surface area contributed by atoms with Crippen molar-refractivity contribution in [3.63, 3.8) is 0 Å². The van der Waals surface area contributed by atoms with Crippen LogP contribution in [-0.4, -0.2) is 18.5 Å². The Labute approximate surface area is 191 Å². The van der Waals surface area contributed by atoms with Crippen LogP contribution in [0.25, 0.3) is 0 Å². The van der Waals surface area contributed by atoms with Crippen LogP contribution in [0.15, 0.2) is 65.0 Å². The number of rotatable bonds is 3. The smallest absolute Gasteiger partial charge is 0.254 e. The first-order chi connectivity index (χ1) is 15.7. The Kier molecular flexibility index (Phi) is 5.00. The van der Waals surface area contributed by atoms with Crippen molar-refractivity contribution < 1.29 is 23.5 Å². The Balaban J connectivity index is 1.61. The van der Waals surface area contributed by atoms with Crippen LogP contribution in [0.2, 0.25) is 0 Å². The van der Waals surface area contributed by atoms with Gasteiger partial charge in [-0.2, -0.15) is 0 Å². The zero-order valence-electron chi connectivity index (χ0n) is 18.8. The minimum atomic E-state index is -0.576. The highest BCUT2D eigenvalue weighted by Crippen LogP contribution is 2.48. The van der Waals surface area contributed by atoms with Gasteiger partial charge in [-0.05, 0) is 54.7 Å². The molecule has 2 aliphatic heterocycles. The lowest BCUT2D eigenvalue weighted by atomic mass is 9.68. The summed E-state index contributed by atoms with van der Waals surface area (Å²) >= 11 is 0. The molecule has 0 aromatic heterocycles. The van der Waals surface area contributed by atoms with Crippen LogP contribution < -0.4 is 20.1 Å². The molecule has 1 atom stereocenters. The van der Waals surface area contributed by atoms with Crippen LogP contribution in [-0.2, 0) is 9.59 Å². The van der Waals surface area contributed by atoms with E-state index in [1.54, 1.807) is 12.1 Å². The summed E-state index contributed by atoms with van der Waals surface area (Å²) in [6, 6.07) is 11.2. The molecule has 33 heavy (non-hydrogen) atoms. The second-order valence-corrected chi connectivity index (χ2v) is 9.51. The Morgan fingerprint density at radius 3 is 2.70 bits per heavy atom. The third kappa shape index (κ3) is 3.88. The molecule has 2 aromatic carbocycles. The molecule has 2 heterocycles. The van der Waals surface area contributed by atoms with E-state index in [1.807, 2.05) is 19.1 Å². The lowest BCUT2D eigenvalue weighted by Gasteiger charge is -2.39. The van der Waals surface area contributed by atoms with Crippen molar-refractivity contribution in [1.29, 1.82) is 0 Å². The molecule has 170 valence electrons. The standard InChI is InChI=1S/C26H25FN2O4/c1-14-22(25(31)29-17-6-4-5-16(27)10-17)23(15-7-8-20-21(9-15)33-13-32-20)24-18(28-14)11-26(2,3)12-19(24)30/h4-10,23,28H,11-13H2,1-3H3,(H,29,31)/t23-/m1/s1. The summed E-state index contributed by atoms with van der Waals surface area (Å²) in [5.74, 6) is -0.184. The number of benzene rings is 2. The molecule has 0 spiro atoms. The van der Waals surface area contributed by atoms with E-state index < -0.39 is 17.6 Å². The fourth-order valence-corrected chi connectivity index (χ4v) is 4.93. The summed E-state index contributed by atoms with van der Waals surface area (Å²) in [4.78, 5) is 26.9. The highest BCUT2D eigenvalue weighted by molar-refractivity contribution is 6.10. The number of halogens is 1. The SMILES string of the molecule is CC1=C(C(=O)Nc2cccc(F)c2)[C@@H](c2ccc3c(c2)OCO3)C2=C(CC(C)(C)CC2=O)N1. The molecule has 0 fully saturated rings. The van der Waals surface area contributed by atoms with E-state index in [0.717, 1.165) is 11.3 Å². The van der Waals surface area contributed by atoms with Crippen LogP contribution in [0.5, 0.6) is 11.5 Å². The van der Waals surface area contributed by atoms with Crippen LogP contribution in [0.3, 0.4) is 0 Å². The largest absolute Gasteiger partial charge is 0.454 e. The number of anilines is 1. The maximum atomic E-state index is 13.7. The van der Waals surface area contributed by atoms with Gasteiger partial charge in [0.1, 0.15) is 5.82 Å². The Morgan fingerprint density at radius 1 is 1.12 bits per heavy atom. The van der Waals surface area contributed by atoms with Gasteiger partial charge >= 0.3 is 0 Å². The predicted octanol–water partition coefficient (Wildman–Crippen LogP) is 4.80. The Hall–Kier alpha value is -3.61. The van der Waals surface area contributed by atoms with Gasteiger partial charge in [0.15, 0.2) is 17.3 Å². The van der Waals surface area contributed by atoms with Crippen molar-refractivity contribution >= 4 is 17.4 Å². The molecular formula is C26H25FN2O4. The van der Waals surface area contributed by atoms with Gasteiger partial charge in [-0.1, -0.05) is 26.0 Å². The predicted molar refractivity (Wildman–Crippen MR) is 121 cm³/mol. The quantitative estimate of drug-likeness (QED) is 0.706. The van der Waals surface area contributed by atoms with E-state index in [1.165, 1.54) is 18.2 Å². The van der Waals surface area contributed by atoms with Gasteiger partial charge in [0.2, 0.25) is 6.79 Å². The zero-order valence-corrected chi connectivity index (χ0v) is 18.8. The maximum absolute atomic E-state index is 13.7. The van der Waals surface area contributed by atoms with Crippen molar-refractivity contribution in [2.24, 2.45) is 5.41 Å². The number of carbonyl (C=O) groups is 2. The minimum absolute atomic E-state index is 0.0139. The fraction of sp³-hybridized carbons (Fsp3) is 0.308. The second-order valence-electron chi connectivity index (χ2n) is 9.51. The molecule has 0 bridgehead atoms. The number of carbonyl (C=O) groups excluding carboxylic acids is 2. The van der Waals surface area contributed by atoms with Crippen LogP contribution in [0, 0.1) is 11.2 Å². The van der Waals surface area contributed by atoms with Crippen molar-refractivity contribution in [2.75, 3.05) is 12.1 Å². The number of ketones is 1. The van der Waals surface area contributed by atoms with E-state index in [2.05, 4.69) is 24.5 Å². The second kappa shape index (κ2) is 7.76. The summed E-state index contributed by atoms with van der Waals surface area (Å²) in [7, 11) is 0. The third-order valence-electron chi connectivity index (χ3n) is 6.30. The summed E-state index contributed by atoms with van der Waals surface area (Å²) in [5.41, 5.74) is 3.47. The first-order valence-electron chi connectivity index (χ1n) is 10.9. The van der Waals surface area contributed by atoms with Gasteiger partial charge in [-0.15, -0.1) is 0 Å². The van der Waals surface area contributed by atoms with Crippen LogP contribution in [0.1, 0.15) is 45.1 Å². The van der Waals surface area contributed by atoms with Crippen LogP contribution >= 0.6 is 0 Å². The van der Waals surface area contributed by atoms with Gasteiger partial charge in [-0.25, -0.2) is 4.39 Å². The molecule has 0 saturated heterocycles. The van der Waals surface area contributed by atoms with Gasteiger partial charge in [0.05, 0.1) is 0 Å². The van der Waals surface area contributed by atoms with E-state index in [4.69, 9.17) is 9.47 Å².